The topological polar surface area (TPSA) is 61.4 Å². The number of hydrogen-bond donors (Lipinski definition) is 2. The fourth-order valence-corrected chi connectivity index (χ4v) is 1.68. The lowest BCUT2D eigenvalue weighted by atomic mass is 10.0. The van der Waals surface area contributed by atoms with Gasteiger partial charge in [0, 0.05) is 18.6 Å². The third kappa shape index (κ3) is 4.00. The molecule has 0 aromatic rings. The van der Waals surface area contributed by atoms with E-state index in [-0.39, 0.29) is 23.4 Å². The molecule has 2 amide bonds. The van der Waals surface area contributed by atoms with Gasteiger partial charge in [-0.3, -0.25) is 14.5 Å². The zero-order chi connectivity index (χ0) is 13.1. The maximum atomic E-state index is 12.0. The molecule has 1 aliphatic heterocycles. The van der Waals surface area contributed by atoms with Gasteiger partial charge in [0.2, 0.25) is 11.8 Å². The number of nitrogens with one attached hydrogen (secondary N) is 2. The van der Waals surface area contributed by atoms with Gasteiger partial charge in [0.05, 0.1) is 12.6 Å². The van der Waals surface area contributed by atoms with E-state index in [1.807, 2.05) is 32.6 Å². The smallest absolute Gasteiger partial charge is 0.237 e. The van der Waals surface area contributed by atoms with Crippen LogP contribution in [-0.2, 0) is 9.59 Å². The highest BCUT2D eigenvalue weighted by Crippen LogP contribution is 2.09. The van der Waals surface area contributed by atoms with E-state index in [4.69, 9.17) is 0 Å². The van der Waals surface area contributed by atoms with Gasteiger partial charge in [-0.25, -0.2) is 0 Å². The third-order valence-electron chi connectivity index (χ3n) is 3.34. The van der Waals surface area contributed by atoms with Gasteiger partial charge in [-0.15, -0.1) is 0 Å². The van der Waals surface area contributed by atoms with E-state index in [1.165, 1.54) is 0 Å². The van der Waals surface area contributed by atoms with Crippen LogP contribution in [0.15, 0.2) is 0 Å². The molecule has 0 aromatic heterocycles. The van der Waals surface area contributed by atoms with Crippen molar-refractivity contribution in [3.63, 3.8) is 0 Å². The van der Waals surface area contributed by atoms with Gasteiger partial charge >= 0.3 is 0 Å². The average molecular weight is 241 g/mol. The molecule has 0 spiro atoms. The lowest BCUT2D eigenvalue weighted by molar-refractivity contribution is -0.131. The summed E-state index contributed by atoms with van der Waals surface area (Å²) in [7, 11) is 0. The molecule has 5 nitrogen and oxygen atoms in total. The molecule has 17 heavy (non-hydrogen) atoms. The summed E-state index contributed by atoms with van der Waals surface area (Å²) in [6.45, 7) is 9.54. The molecule has 1 atom stereocenters. The monoisotopic (exact) mass is 241 g/mol. The Hall–Kier alpha value is -1.10. The van der Waals surface area contributed by atoms with Gasteiger partial charge < -0.3 is 10.6 Å². The van der Waals surface area contributed by atoms with Crippen LogP contribution in [0.4, 0.5) is 0 Å². The number of amides is 2. The Morgan fingerprint density at radius 1 is 1.59 bits per heavy atom. The van der Waals surface area contributed by atoms with Crippen molar-refractivity contribution in [2.75, 3.05) is 19.6 Å². The molecule has 0 radical (unpaired) electrons. The van der Waals surface area contributed by atoms with E-state index in [0.29, 0.717) is 13.1 Å². The molecule has 1 unspecified atom stereocenters. The molecule has 1 aliphatic rings. The van der Waals surface area contributed by atoms with Crippen LogP contribution >= 0.6 is 0 Å². The first kappa shape index (κ1) is 14.0. The number of hydrogen-bond acceptors (Lipinski definition) is 3. The SMILES string of the molecule is CCC(C)(C)NC(=O)C(C)N1CCNC(=O)C1. The molecular weight excluding hydrogens is 218 g/mol. The van der Waals surface area contributed by atoms with E-state index in [0.717, 1.165) is 13.0 Å². The van der Waals surface area contributed by atoms with Gasteiger partial charge in [0.25, 0.3) is 0 Å². The van der Waals surface area contributed by atoms with Crippen LogP contribution in [0.1, 0.15) is 34.1 Å². The molecule has 1 heterocycles. The molecule has 1 rings (SSSR count). The summed E-state index contributed by atoms with van der Waals surface area (Å²) in [5.74, 6) is -0.0165. The Morgan fingerprint density at radius 3 is 2.76 bits per heavy atom. The minimum absolute atomic E-state index is 0.00782. The van der Waals surface area contributed by atoms with Crippen molar-refractivity contribution in [3.05, 3.63) is 0 Å². The van der Waals surface area contributed by atoms with Gasteiger partial charge in [-0.05, 0) is 27.2 Å². The second kappa shape index (κ2) is 5.49. The summed E-state index contributed by atoms with van der Waals surface area (Å²) in [6, 6.07) is -0.258. The molecule has 98 valence electrons. The van der Waals surface area contributed by atoms with Crippen LogP contribution in [0.2, 0.25) is 0 Å². The highest BCUT2D eigenvalue weighted by Gasteiger charge is 2.28. The average Bonchev–Trinajstić information content (AvgIpc) is 2.27. The fourth-order valence-electron chi connectivity index (χ4n) is 1.68. The number of nitrogens with zero attached hydrogens (tertiary/aromatic N) is 1. The zero-order valence-corrected chi connectivity index (χ0v) is 11.2. The van der Waals surface area contributed by atoms with E-state index in [9.17, 15) is 9.59 Å². The maximum Gasteiger partial charge on any atom is 0.237 e. The van der Waals surface area contributed by atoms with Crippen LogP contribution in [0.25, 0.3) is 0 Å². The molecule has 1 saturated heterocycles. The second-order valence-corrected chi connectivity index (χ2v) is 5.22. The Balaban J connectivity index is 2.54. The van der Waals surface area contributed by atoms with Crippen molar-refractivity contribution >= 4 is 11.8 Å². The Bertz CT molecular complexity index is 302. The van der Waals surface area contributed by atoms with Crippen LogP contribution in [0.5, 0.6) is 0 Å². The third-order valence-corrected chi connectivity index (χ3v) is 3.34. The first-order valence-electron chi connectivity index (χ1n) is 6.18. The van der Waals surface area contributed by atoms with Crippen molar-refractivity contribution in [2.24, 2.45) is 0 Å². The number of carbonyl (C=O) groups is 2. The fraction of sp³-hybridized carbons (Fsp3) is 0.833. The number of piperazine rings is 1. The van der Waals surface area contributed by atoms with Crippen molar-refractivity contribution < 1.29 is 9.59 Å². The van der Waals surface area contributed by atoms with E-state index < -0.39 is 0 Å². The molecule has 0 aliphatic carbocycles. The Morgan fingerprint density at radius 2 is 2.24 bits per heavy atom. The molecule has 1 fully saturated rings. The molecule has 0 bridgehead atoms. The summed E-state index contributed by atoms with van der Waals surface area (Å²) in [5, 5.41) is 5.76. The van der Waals surface area contributed by atoms with Gasteiger partial charge in [-0.1, -0.05) is 6.92 Å². The standard InChI is InChI=1S/C12H23N3O2/c1-5-12(3,4)14-11(17)9(2)15-7-6-13-10(16)8-15/h9H,5-8H2,1-4H3,(H,13,16)(H,14,17). The first-order valence-corrected chi connectivity index (χ1v) is 6.18. The quantitative estimate of drug-likeness (QED) is 0.734. The normalized spacial score (nSPS) is 19.6. The highest BCUT2D eigenvalue weighted by molar-refractivity contribution is 5.84. The summed E-state index contributed by atoms with van der Waals surface area (Å²) in [4.78, 5) is 25.2. The number of rotatable bonds is 4. The van der Waals surface area contributed by atoms with Crippen molar-refractivity contribution in [2.45, 2.75) is 45.7 Å². The maximum absolute atomic E-state index is 12.0. The lowest BCUT2D eigenvalue weighted by Gasteiger charge is -2.33. The molecule has 0 saturated carbocycles. The largest absolute Gasteiger partial charge is 0.354 e. The predicted molar refractivity (Wildman–Crippen MR) is 66.6 cm³/mol. The predicted octanol–water partition coefficient (Wildman–Crippen LogP) is 0.112. The summed E-state index contributed by atoms with van der Waals surface area (Å²) in [6.07, 6.45) is 0.881. The van der Waals surface area contributed by atoms with Crippen molar-refractivity contribution in [1.82, 2.24) is 15.5 Å². The number of carbonyl (C=O) groups excluding carboxylic acids is 2. The summed E-state index contributed by atoms with van der Waals surface area (Å²) < 4.78 is 0. The van der Waals surface area contributed by atoms with Crippen LogP contribution in [-0.4, -0.2) is 47.9 Å². The van der Waals surface area contributed by atoms with Crippen LogP contribution in [0.3, 0.4) is 0 Å². The Labute approximate surface area is 103 Å². The van der Waals surface area contributed by atoms with E-state index in [2.05, 4.69) is 10.6 Å². The van der Waals surface area contributed by atoms with Gasteiger partial charge in [0.15, 0.2) is 0 Å². The van der Waals surface area contributed by atoms with Crippen LogP contribution in [0, 0.1) is 0 Å². The minimum Gasteiger partial charge on any atom is -0.354 e. The molecule has 0 aromatic carbocycles. The van der Waals surface area contributed by atoms with E-state index in [1.54, 1.807) is 0 Å². The lowest BCUT2D eigenvalue weighted by Crippen LogP contribution is -2.57. The van der Waals surface area contributed by atoms with E-state index >= 15 is 0 Å². The molecular formula is C12H23N3O2. The summed E-state index contributed by atoms with van der Waals surface area (Å²) in [5.41, 5.74) is -0.191. The van der Waals surface area contributed by atoms with Gasteiger partial charge in [-0.2, -0.15) is 0 Å². The molecule has 2 N–H and O–H groups in total. The molecule has 5 heteroatoms. The minimum atomic E-state index is -0.258. The Kier molecular flexibility index (Phi) is 4.51. The van der Waals surface area contributed by atoms with Crippen LogP contribution < -0.4 is 10.6 Å². The van der Waals surface area contributed by atoms with Crippen molar-refractivity contribution in [3.8, 4) is 0 Å². The second-order valence-electron chi connectivity index (χ2n) is 5.22. The zero-order valence-electron chi connectivity index (χ0n) is 11.2. The first-order chi connectivity index (χ1) is 7.85. The van der Waals surface area contributed by atoms with Crippen molar-refractivity contribution in [1.29, 1.82) is 0 Å². The summed E-state index contributed by atoms with van der Waals surface area (Å²) >= 11 is 0. The highest BCUT2D eigenvalue weighted by atomic mass is 16.2. The van der Waals surface area contributed by atoms with Gasteiger partial charge in [0.1, 0.15) is 0 Å².